The van der Waals surface area contributed by atoms with E-state index in [1.807, 2.05) is 20.9 Å². The van der Waals surface area contributed by atoms with Crippen molar-refractivity contribution < 1.29 is 14.7 Å². The Labute approximate surface area is 121 Å². The van der Waals surface area contributed by atoms with E-state index in [0.29, 0.717) is 5.92 Å². The van der Waals surface area contributed by atoms with Crippen molar-refractivity contribution in [1.82, 2.24) is 10.2 Å². The van der Waals surface area contributed by atoms with E-state index >= 15 is 0 Å². The van der Waals surface area contributed by atoms with E-state index in [0.717, 1.165) is 19.3 Å². The van der Waals surface area contributed by atoms with Crippen LogP contribution in [0.2, 0.25) is 0 Å². The number of carbonyl (C=O) groups excluding carboxylic acids is 1. The second-order valence-corrected chi connectivity index (χ2v) is 6.31. The first-order valence-electron chi connectivity index (χ1n) is 7.58. The van der Waals surface area contributed by atoms with Gasteiger partial charge in [0, 0.05) is 19.6 Å². The number of amides is 2. The fourth-order valence-corrected chi connectivity index (χ4v) is 2.95. The van der Waals surface area contributed by atoms with Crippen molar-refractivity contribution in [3.63, 3.8) is 0 Å². The van der Waals surface area contributed by atoms with Crippen LogP contribution in [0.15, 0.2) is 0 Å². The minimum atomic E-state index is -0.853. The van der Waals surface area contributed by atoms with Gasteiger partial charge >= 0.3 is 12.0 Å². The summed E-state index contributed by atoms with van der Waals surface area (Å²) in [5, 5.41) is 11.9. The lowest BCUT2D eigenvalue weighted by molar-refractivity contribution is -0.142. The summed E-state index contributed by atoms with van der Waals surface area (Å²) < 4.78 is 0. The normalized spacial score (nSPS) is 24.2. The van der Waals surface area contributed by atoms with Gasteiger partial charge in [-0.3, -0.25) is 4.79 Å². The molecule has 1 rings (SSSR count). The molecule has 0 heterocycles. The minimum Gasteiger partial charge on any atom is -0.481 e. The average Bonchev–Trinajstić information content (AvgIpc) is 2.37. The number of carboxylic acids is 1. The summed E-state index contributed by atoms with van der Waals surface area (Å²) in [6.45, 7) is 6.09. The van der Waals surface area contributed by atoms with Gasteiger partial charge in [-0.25, -0.2) is 4.79 Å². The lowest BCUT2D eigenvalue weighted by Crippen LogP contribution is -2.49. The smallest absolute Gasteiger partial charge is 0.317 e. The maximum Gasteiger partial charge on any atom is 0.317 e. The molecule has 20 heavy (non-hydrogen) atoms. The van der Waals surface area contributed by atoms with Crippen molar-refractivity contribution in [1.29, 1.82) is 0 Å². The van der Waals surface area contributed by atoms with Gasteiger partial charge in [0.05, 0.1) is 5.92 Å². The van der Waals surface area contributed by atoms with E-state index in [2.05, 4.69) is 12.2 Å². The quantitative estimate of drug-likeness (QED) is 0.815. The van der Waals surface area contributed by atoms with Gasteiger partial charge < -0.3 is 15.3 Å². The molecule has 0 aromatic carbocycles. The van der Waals surface area contributed by atoms with E-state index in [4.69, 9.17) is 5.11 Å². The van der Waals surface area contributed by atoms with Crippen molar-refractivity contribution >= 4 is 12.0 Å². The van der Waals surface area contributed by atoms with Gasteiger partial charge in [0.25, 0.3) is 0 Å². The van der Waals surface area contributed by atoms with E-state index in [9.17, 15) is 9.59 Å². The molecule has 0 bridgehead atoms. The van der Waals surface area contributed by atoms with Gasteiger partial charge in [-0.2, -0.15) is 0 Å². The van der Waals surface area contributed by atoms with Crippen LogP contribution in [0.25, 0.3) is 0 Å². The SMILES string of the molecule is CC(C)C(CNC(=O)N(C)C1CCCCC1C)C(=O)O. The predicted molar refractivity (Wildman–Crippen MR) is 78.5 cm³/mol. The average molecular weight is 284 g/mol. The standard InChI is InChI=1S/C15H28N2O3/c1-10(2)12(14(18)19)9-16-15(20)17(4)13-8-6-5-7-11(13)3/h10-13H,5-9H2,1-4H3,(H,16,20)(H,18,19). The Morgan fingerprint density at radius 3 is 2.40 bits per heavy atom. The van der Waals surface area contributed by atoms with Crippen molar-refractivity contribution in [2.75, 3.05) is 13.6 Å². The van der Waals surface area contributed by atoms with Gasteiger partial charge in [-0.15, -0.1) is 0 Å². The Morgan fingerprint density at radius 2 is 1.90 bits per heavy atom. The molecule has 3 unspecified atom stereocenters. The predicted octanol–water partition coefficient (Wildman–Crippen LogP) is 2.56. The highest BCUT2D eigenvalue weighted by Gasteiger charge is 2.29. The molecule has 0 saturated heterocycles. The molecule has 3 atom stereocenters. The van der Waals surface area contributed by atoms with Gasteiger partial charge in [0.15, 0.2) is 0 Å². The maximum absolute atomic E-state index is 12.2. The zero-order chi connectivity index (χ0) is 15.3. The molecule has 0 aromatic heterocycles. The van der Waals surface area contributed by atoms with Crippen molar-refractivity contribution in [2.24, 2.45) is 17.8 Å². The fraction of sp³-hybridized carbons (Fsp3) is 0.867. The van der Waals surface area contributed by atoms with E-state index < -0.39 is 11.9 Å². The van der Waals surface area contributed by atoms with Gasteiger partial charge in [-0.05, 0) is 24.7 Å². The zero-order valence-electron chi connectivity index (χ0n) is 13.1. The molecule has 0 spiro atoms. The molecule has 5 heteroatoms. The fourth-order valence-electron chi connectivity index (χ4n) is 2.95. The number of nitrogens with one attached hydrogen (secondary N) is 1. The highest BCUT2D eigenvalue weighted by molar-refractivity contribution is 5.76. The molecule has 1 fully saturated rings. The Morgan fingerprint density at radius 1 is 1.30 bits per heavy atom. The molecular formula is C15H28N2O3. The Kier molecular flexibility index (Phi) is 6.30. The maximum atomic E-state index is 12.2. The van der Waals surface area contributed by atoms with Crippen LogP contribution in [0.1, 0.15) is 46.5 Å². The number of carboxylic acid groups (broad SMARTS) is 1. The molecule has 5 nitrogen and oxygen atoms in total. The Bertz CT molecular complexity index is 344. The summed E-state index contributed by atoms with van der Waals surface area (Å²) in [5.74, 6) is -0.864. The van der Waals surface area contributed by atoms with Crippen molar-refractivity contribution in [2.45, 2.75) is 52.5 Å². The zero-order valence-corrected chi connectivity index (χ0v) is 13.1. The number of aliphatic carboxylic acids is 1. The molecule has 2 N–H and O–H groups in total. The molecular weight excluding hydrogens is 256 g/mol. The van der Waals surface area contributed by atoms with Crippen LogP contribution in [0.5, 0.6) is 0 Å². The minimum absolute atomic E-state index is 0.00621. The first-order valence-corrected chi connectivity index (χ1v) is 7.58. The molecule has 0 aromatic rings. The van der Waals surface area contributed by atoms with Gasteiger partial charge in [-0.1, -0.05) is 33.6 Å². The third-order valence-corrected chi connectivity index (χ3v) is 4.48. The summed E-state index contributed by atoms with van der Waals surface area (Å²) in [7, 11) is 1.81. The molecule has 1 aliphatic carbocycles. The summed E-state index contributed by atoms with van der Waals surface area (Å²) in [6, 6.07) is 0.113. The number of carbonyl (C=O) groups is 2. The Hall–Kier alpha value is -1.26. The molecule has 1 saturated carbocycles. The molecule has 116 valence electrons. The summed E-state index contributed by atoms with van der Waals surface area (Å²) in [5.41, 5.74) is 0. The summed E-state index contributed by atoms with van der Waals surface area (Å²) in [6.07, 6.45) is 4.60. The lowest BCUT2D eigenvalue weighted by Gasteiger charge is -2.36. The lowest BCUT2D eigenvalue weighted by atomic mass is 9.85. The highest BCUT2D eigenvalue weighted by Crippen LogP contribution is 2.27. The largest absolute Gasteiger partial charge is 0.481 e. The van der Waals surface area contributed by atoms with Gasteiger partial charge in [0.1, 0.15) is 0 Å². The second kappa shape index (κ2) is 7.50. The van der Waals surface area contributed by atoms with Crippen molar-refractivity contribution in [3.05, 3.63) is 0 Å². The topological polar surface area (TPSA) is 69.6 Å². The first kappa shape index (κ1) is 16.8. The van der Waals surface area contributed by atoms with E-state index in [-0.39, 0.29) is 24.5 Å². The molecule has 2 amide bonds. The third-order valence-electron chi connectivity index (χ3n) is 4.48. The van der Waals surface area contributed by atoms with Crippen LogP contribution in [-0.2, 0) is 4.79 Å². The number of hydrogen-bond acceptors (Lipinski definition) is 2. The second-order valence-electron chi connectivity index (χ2n) is 6.31. The summed E-state index contributed by atoms with van der Waals surface area (Å²) in [4.78, 5) is 25.0. The van der Waals surface area contributed by atoms with Gasteiger partial charge in [0.2, 0.25) is 0 Å². The van der Waals surface area contributed by atoms with Crippen LogP contribution in [-0.4, -0.2) is 41.6 Å². The third kappa shape index (κ3) is 4.39. The van der Waals surface area contributed by atoms with Crippen LogP contribution < -0.4 is 5.32 Å². The monoisotopic (exact) mass is 284 g/mol. The van der Waals surface area contributed by atoms with Crippen LogP contribution >= 0.6 is 0 Å². The van der Waals surface area contributed by atoms with E-state index in [1.54, 1.807) is 4.90 Å². The first-order chi connectivity index (χ1) is 9.34. The highest BCUT2D eigenvalue weighted by atomic mass is 16.4. The van der Waals surface area contributed by atoms with Crippen LogP contribution in [0, 0.1) is 17.8 Å². The number of hydrogen-bond donors (Lipinski definition) is 2. The number of nitrogens with zero attached hydrogens (tertiary/aromatic N) is 1. The van der Waals surface area contributed by atoms with Crippen LogP contribution in [0.4, 0.5) is 4.79 Å². The van der Waals surface area contributed by atoms with Crippen LogP contribution in [0.3, 0.4) is 0 Å². The Balaban J connectivity index is 2.50. The van der Waals surface area contributed by atoms with Crippen molar-refractivity contribution in [3.8, 4) is 0 Å². The molecule has 0 radical (unpaired) electrons. The number of rotatable bonds is 5. The van der Waals surface area contributed by atoms with E-state index in [1.165, 1.54) is 6.42 Å². The molecule has 0 aliphatic heterocycles. The summed E-state index contributed by atoms with van der Waals surface area (Å²) >= 11 is 0. The number of urea groups is 1. The molecule has 1 aliphatic rings.